The molecule has 0 radical (unpaired) electrons. The van der Waals surface area contributed by atoms with Gasteiger partial charge < -0.3 is 4.90 Å². The van der Waals surface area contributed by atoms with Gasteiger partial charge >= 0.3 is 0 Å². The maximum Gasteiger partial charge on any atom is 0.106 e. The van der Waals surface area contributed by atoms with Gasteiger partial charge in [0.1, 0.15) is 5.54 Å². The van der Waals surface area contributed by atoms with Crippen LogP contribution in [0.4, 0.5) is 5.69 Å². The van der Waals surface area contributed by atoms with E-state index in [0.717, 1.165) is 25.8 Å². The zero-order chi connectivity index (χ0) is 15.3. The van der Waals surface area contributed by atoms with Crippen LogP contribution in [0.3, 0.4) is 0 Å². The molecule has 0 aromatic heterocycles. The predicted octanol–water partition coefficient (Wildman–Crippen LogP) is 3.64. The molecule has 1 aromatic rings. The number of rotatable bonds is 8. The first-order chi connectivity index (χ1) is 10.1. The summed E-state index contributed by atoms with van der Waals surface area (Å²) >= 11 is 0. The van der Waals surface area contributed by atoms with Crippen molar-refractivity contribution >= 4 is 5.69 Å². The Morgan fingerprint density at radius 2 is 2.00 bits per heavy atom. The Hall–Kier alpha value is -1.53. The van der Waals surface area contributed by atoms with Crippen molar-refractivity contribution in [3.05, 3.63) is 29.8 Å². The summed E-state index contributed by atoms with van der Waals surface area (Å²) < 4.78 is 0. The fourth-order valence-corrected chi connectivity index (χ4v) is 2.68. The molecule has 2 rings (SSSR count). The zero-order valence-corrected chi connectivity index (χ0v) is 13.5. The van der Waals surface area contributed by atoms with Crippen molar-refractivity contribution in [2.24, 2.45) is 0 Å². The molecule has 0 spiro atoms. The van der Waals surface area contributed by atoms with Gasteiger partial charge in [-0.1, -0.05) is 24.6 Å². The number of hydrogen-bond acceptors (Lipinski definition) is 3. The fraction of sp³-hybridized carbons (Fsp3) is 0.611. The minimum Gasteiger partial charge on any atom is -0.375 e. The average molecular weight is 285 g/mol. The van der Waals surface area contributed by atoms with Crippen LogP contribution in [0, 0.1) is 18.3 Å². The summed E-state index contributed by atoms with van der Waals surface area (Å²) in [6, 6.07) is 11.7. The first-order valence-corrected chi connectivity index (χ1v) is 8.05. The van der Waals surface area contributed by atoms with Gasteiger partial charge in [0, 0.05) is 25.3 Å². The summed E-state index contributed by atoms with van der Waals surface area (Å²) in [7, 11) is 2.12. The standard InChI is InChI=1S/C18H27N3/c1-4-18(14-19,20-16-8-9-16)12-5-13-21(3)17-10-6-15(2)7-11-17/h6-7,10-11,16,20H,4-5,8-9,12-13H2,1-3H3. The summed E-state index contributed by atoms with van der Waals surface area (Å²) in [6.07, 6.45) is 5.30. The van der Waals surface area contributed by atoms with E-state index in [9.17, 15) is 5.26 Å². The molecule has 0 heterocycles. The zero-order valence-electron chi connectivity index (χ0n) is 13.5. The molecule has 0 saturated heterocycles. The van der Waals surface area contributed by atoms with Crippen LogP contribution >= 0.6 is 0 Å². The van der Waals surface area contributed by atoms with Gasteiger partial charge in [0.05, 0.1) is 6.07 Å². The molecule has 21 heavy (non-hydrogen) atoms. The van der Waals surface area contributed by atoms with Gasteiger partial charge in [-0.3, -0.25) is 5.32 Å². The van der Waals surface area contributed by atoms with E-state index in [0.29, 0.717) is 6.04 Å². The summed E-state index contributed by atoms with van der Waals surface area (Å²) in [5, 5.41) is 13.1. The molecule has 1 aliphatic rings. The van der Waals surface area contributed by atoms with Crippen LogP contribution in [0.15, 0.2) is 24.3 Å². The van der Waals surface area contributed by atoms with Crippen LogP contribution < -0.4 is 10.2 Å². The number of nitrogens with one attached hydrogen (secondary N) is 1. The van der Waals surface area contributed by atoms with Crippen molar-refractivity contribution in [2.45, 2.75) is 57.5 Å². The highest BCUT2D eigenvalue weighted by Crippen LogP contribution is 2.27. The van der Waals surface area contributed by atoms with E-state index in [2.05, 4.69) is 61.4 Å². The van der Waals surface area contributed by atoms with Crippen molar-refractivity contribution in [3.63, 3.8) is 0 Å². The average Bonchev–Trinajstić information content (AvgIpc) is 3.30. The Balaban J connectivity index is 1.83. The summed E-state index contributed by atoms with van der Waals surface area (Å²) in [5.41, 5.74) is 2.21. The molecule has 3 nitrogen and oxygen atoms in total. The highest BCUT2D eigenvalue weighted by atomic mass is 15.1. The van der Waals surface area contributed by atoms with Crippen molar-refractivity contribution in [1.82, 2.24) is 5.32 Å². The summed E-state index contributed by atoms with van der Waals surface area (Å²) in [4.78, 5) is 2.27. The van der Waals surface area contributed by atoms with Gasteiger partial charge in [0.15, 0.2) is 0 Å². The molecule has 1 fully saturated rings. The molecule has 0 amide bonds. The highest BCUT2D eigenvalue weighted by Gasteiger charge is 2.34. The van der Waals surface area contributed by atoms with Gasteiger partial charge in [0.2, 0.25) is 0 Å². The number of nitrogens with zero attached hydrogens (tertiary/aromatic N) is 2. The Bertz CT molecular complexity index is 484. The summed E-state index contributed by atoms with van der Waals surface area (Å²) in [5.74, 6) is 0. The maximum atomic E-state index is 9.54. The van der Waals surface area contributed by atoms with Crippen molar-refractivity contribution < 1.29 is 0 Å². The van der Waals surface area contributed by atoms with E-state index in [4.69, 9.17) is 0 Å². The third kappa shape index (κ3) is 4.47. The van der Waals surface area contributed by atoms with Gasteiger partial charge in [-0.05, 0) is 51.2 Å². The summed E-state index contributed by atoms with van der Waals surface area (Å²) in [6.45, 7) is 5.21. The van der Waals surface area contributed by atoms with Gasteiger partial charge in [0.25, 0.3) is 0 Å². The van der Waals surface area contributed by atoms with Crippen LogP contribution in [0.2, 0.25) is 0 Å². The Morgan fingerprint density at radius 3 is 2.52 bits per heavy atom. The second-order valence-electron chi connectivity index (χ2n) is 6.33. The van der Waals surface area contributed by atoms with Crippen molar-refractivity contribution in [1.29, 1.82) is 5.26 Å². The number of anilines is 1. The topological polar surface area (TPSA) is 39.1 Å². The highest BCUT2D eigenvalue weighted by molar-refractivity contribution is 5.46. The number of nitriles is 1. The molecule has 1 aliphatic carbocycles. The lowest BCUT2D eigenvalue weighted by Gasteiger charge is -2.28. The quantitative estimate of drug-likeness (QED) is 0.792. The fourth-order valence-electron chi connectivity index (χ4n) is 2.68. The third-order valence-electron chi connectivity index (χ3n) is 4.45. The van der Waals surface area contributed by atoms with Crippen LogP contribution in [-0.4, -0.2) is 25.2 Å². The van der Waals surface area contributed by atoms with Crippen LogP contribution in [0.5, 0.6) is 0 Å². The van der Waals surface area contributed by atoms with Crippen LogP contribution in [0.1, 0.15) is 44.6 Å². The van der Waals surface area contributed by atoms with E-state index in [1.807, 2.05) is 0 Å². The minimum atomic E-state index is -0.324. The van der Waals surface area contributed by atoms with E-state index in [1.165, 1.54) is 24.1 Å². The predicted molar refractivity (Wildman–Crippen MR) is 88.5 cm³/mol. The first-order valence-electron chi connectivity index (χ1n) is 8.05. The Morgan fingerprint density at radius 1 is 1.33 bits per heavy atom. The molecular formula is C18H27N3. The Kier molecular flexibility index (Phi) is 5.25. The lowest BCUT2D eigenvalue weighted by molar-refractivity contribution is 0.362. The molecule has 0 bridgehead atoms. The lowest BCUT2D eigenvalue weighted by Crippen LogP contribution is -2.45. The molecule has 1 atom stereocenters. The molecular weight excluding hydrogens is 258 g/mol. The van der Waals surface area contributed by atoms with Crippen LogP contribution in [-0.2, 0) is 0 Å². The molecule has 1 aromatic carbocycles. The van der Waals surface area contributed by atoms with Gasteiger partial charge in [-0.25, -0.2) is 0 Å². The smallest absolute Gasteiger partial charge is 0.106 e. The molecule has 0 aliphatic heterocycles. The monoisotopic (exact) mass is 285 g/mol. The minimum absolute atomic E-state index is 0.324. The van der Waals surface area contributed by atoms with Crippen molar-refractivity contribution in [2.75, 3.05) is 18.5 Å². The molecule has 1 unspecified atom stereocenters. The SMILES string of the molecule is CCC(C#N)(CCCN(C)c1ccc(C)cc1)NC1CC1. The van der Waals surface area contributed by atoms with Gasteiger partial charge in [-0.15, -0.1) is 0 Å². The molecule has 1 N–H and O–H groups in total. The van der Waals surface area contributed by atoms with E-state index < -0.39 is 0 Å². The van der Waals surface area contributed by atoms with Gasteiger partial charge in [-0.2, -0.15) is 5.26 Å². The third-order valence-corrected chi connectivity index (χ3v) is 4.45. The maximum absolute atomic E-state index is 9.54. The van der Waals surface area contributed by atoms with E-state index in [1.54, 1.807) is 0 Å². The normalized spacial score (nSPS) is 17.0. The number of benzene rings is 1. The molecule has 114 valence electrons. The van der Waals surface area contributed by atoms with Crippen LogP contribution in [0.25, 0.3) is 0 Å². The number of aryl methyl sites for hydroxylation is 1. The number of hydrogen-bond donors (Lipinski definition) is 1. The van der Waals surface area contributed by atoms with E-state index >= 15 is 0 Å². The van der Waals surface area contributed by atoms with Crippen molar-refractivity contribution in [3.8, 4) is 6.07 Å². The Labute approximate surface area is 129 Å². The first kappa shape index (κ1) is 15.9. The van der Waals surface area contributed by atoms with E-state index in [-0.39, 0.29) is 5.54 Å². The second-order valence-corrected chi connectivity index (χ2v) is 6.33. The molecule has 3 heteroatoms. The second kappa shape index (κ2) is 6.95. The largest absolute Gasteiger partial charge is 0.375 e. The lowest BCUT2D eigenvalue weighted by atomic mass is 9.91. The molecule has 1 saturated carbocycles.